The molecule has 0 amide bonds. The van der Waals surface area contributed by atoms with E-state index in [1.165, 1.54) is 12.1 Å². The standard InChI is InChI=1S/C18H22O7/c1-10-3-2-4-12(19)5-6-14(21)18(24)17-11(8-16(23)25-10)7-13(20)9-15(17)22/h5-7,9-10,12,14,19-22H,2-4,8H2,1H3/b6-5+. The summed E-state index contributed by atoms with van der Waals surface area (Å²) in [5.41, 5.74) is -0.198. The largest absolute Gasteiger partial charge is 0.508 e. The summed E-state index contributed by atoms with van der Waals surface area (Å²) in [5, 5.41) is 39.5. The molecule has 25 heavy (non-hydrogen) atoms. The molecule has 0 saturated carbocycles. The summed E-state index contributed by atoms with van der Waals surface area (Å²) in [6, 6.07) is 2.13. The molecule has 0 bridgehead atoms. The molecule has 0 spiro atoms. The van der Waals surface area contributed by atoms with Crippen molar-refractivity contribution in [1.82, 2.24) is 0 Å². The number of cyclic esters (lactones) is 1. The van der Waals surface area contributed by atoms with Gasteiger partial charge in [-0.3, -0.25) is 9.59 Å². The Morgan fingerprint density at radius 3 is 2.52 bits per heavy atom. The SMILES string of the molecule is CC1CCCC(O)/C=C/C(O)C(=O)c2c(O)cc(O)cc2CC(=O)O1. The smallest absolute Gasteiger partial charge is 0.310 e. The number of aromatic hydroxyl groups is 2. The average molecular weight is 350 g/mol. The van der Waals surface area contributed by atoms with Crippen LogP contribution in [0.4, 0.5) is 0 Å². The minimum atomic E-state index is -1.60. The lowest BCUT2D eigenvalue weighted by Gasteiger charge is -2.17. The molecule has 1 aliphatic rings. The monoisotopic (exact) mass is 350 g/mol. The second kappa shape index (κ2) is 8.13. The van der Waals surface area contributed by atoms with E-state index in [0.29, 0.717) is 19.3 Å². The highest BCUT2D eigenvalue weighted by atomic mass is 16.5. The lowest BCUT2D eigenvalue weighted by Crippen LogP contribution is -2.23. The van der Waals surface area contributed by atoms with Crippen molar-refractivity contribution >= 4 is 11.8 Å². The Kier molecular flexibility index (Phi) is 6.17. The van der Waals surface area contributed by atoms with Crippen LogP contribution < -0.4 is 0 Å². The van der Waals surface area contributed by atoms with Crippen molar-refractivity contribution in [2.24, 2.45) is 0 Å². The Bertz CT molecular complexity index is 680. The van der Waals surface area contributed by atoms with Gasteiger partial charge in [-0.1, -0.05) is 6.08 Å². The molecule has 7 heteroatoms. The number of hydrogen-bond acceptors (Lipinski definition) is 7. The zero-order chi connectivity index (χ0) is 18.6. The van der Waals surface area contributed by atoms with Crippen molar-refractivity contribution in [3.05, 3.63) is 35.4 Å². The van der Waals surface area contributed by atoms with Crippen molar-refractivity contribution in [1.29, 1.82) is 0 Å². The van der Waals surface area contributed by atoms with Crippen molar-refractivity contribution in [3.63, 3.8) is 0 Å². The number of phenolic OH excluding ortho intramolecular Hbond substituents is 2. The first kappa shape index (κ1) is 19.0. The van der Waals surface area contributed by atoms with Gasteiger partial charge in [0.2, 0.25) is 0 Å². The topological polar surface area (TPSA) is 124 Å². The summed E-state index contributed by atoms with van der Waals surface area (Å²) in [7, 11) is 0. The number of esters is 1. The maximum Gasteiger partial charge on any atom is 0.310 e. The molecular formula is C18H22O7. The normalized spacial score (nSPS) is 27.1. The van der Waals surface area contributed by atoms with Crippen LogP contribution in [0.5, 0.6) is 11.5 Å². The lowest BCUT2D eigenvalue weighted by atomic mass is 9.95. The number of ketones is 1. The predicted molar refractivity (Wildman–Crippen MR) is 88.4 cm³/mol. The first-order valence-electron chi connectivity index (χ1n) is 8.11. The number of Topliss-reactive ketones (excluding diaryl/α,β-unsaturated/α-hetero) is 1. The molecule has 136 valence electrons. The minimum Gasteiger partial charge on any atom is -0.508 e. The van der Waals surface area contributed by atoms with Crippen LogP contribution in [0.15, 0.2) is 24.3 Å². The van der Waals surface area contributed by atoms with E-state index in [1.54, 1.807) is 6.92 Å². The van der Waals surface area contributed by atoms with Gasteiger partial charge in [-0.25, -0.2) is 0 Å². The molecule has 4 N–H and O–H groups in total. The number of phenols is 2. The molecular weight excluding hydrogens is 328 g/mol. The van der Waals surface area contributed by atoms with Gasteiger partial charge in [-0.2, -0.15) is 0 Å². The number of ether oxygens (including phenoxy) is 1. The van der Waals surface area contributed by atoms with Crippen LogP contribution in [-0.2, 0) is 16.0 Å². The zero-order valence-corrected chi connectivity index (χ0v) is 13.9. The number of fused-ring (bicyclic) bond motifs is 1. The molecule has 0 radical (unpaired) electrons. The van der Waals surface area contributed by atoms with Crippen molar-refractivity contribution in [2.75, 3.05) is 0 Å². The number of aliphatic hydroxyl groups is 2. The Labute approximate surface area is 145 Å². The summed E-state index contributed by atoms with van der Waals surface area (Å²) in [4.78, 5) is 24.5. The second-order valence-corrected chi connectivity index (χ2v) is 6.17. The van der Waals surface area contributed by atoms with Gasteiger partial charge in [-0.15, -0.1) is 0 Å². The van der Waals surface area contributed by atoms with Gasteiger partial charge >= 0.3 is 5.97 Å². The minimum absolute atomic E-state index is 0.0600. The number of hydrogen-bond donors (Lipinski definition) is 4. The van der Waals surface area contributed by atoms with Crippen LogP contribution in [0.2, 0.25) is 0 Å². The number of benzene rings is 1. The molecule has 0 aliphatic carbocycles. The number of rotatable bonds is 0. The summed E-state index contributed by atoms with van der Waals surface area (Å²) in [6.45, 7) is 1.72. The van der Waals surface area contributed by atoms with E-state index >= 15 is 0 Å². The van der Waals surface area contributed by atoms with E-state index in [1.807, 2.05) is 0 Å². The number of carbonyl (C=O) groups excluding carboxylic acids is 2. The van der Waals surface area contributed by atoms with Gasteiger partial charge in [0.25, 0.3) is 0 Å². The highest BCUT2D eigenvalue weighted by Crippen LogP contribution is 2.29. The molecule has 3 atom stereocenters. The summed E-state index contributed by atoms with van der Waals surface area (Å²) in [5.74, 6) is -2.31. The van der Waals surface area contributed by atoms with Gasteiger partial charge < -0.3 is 25.2 Å². The fourth-order valence-corrected chi connectivity index (χ4v) is 2.75. The molecule has 1 aliphatic heterocycles. The Balaban J connectivity index is 2.43. The third-order valence-electron chi connectivity index (χ3n) is 3.99. The van der Waals surface area contributed by atoms with E-state index in [9.17, 15) is 30.0 Å². The van der Waals surface area contributed by atoms with Gasteiger partial charge in [0.15, 0.2) is 5.78 Å². The van der Waals surface area contributed by atoms with E-state index in [0.717, 1.165) is 12.1 Å². The second-order valence-electron chi connectivity index (χ2n) is 6.17. The molecule has 1 aromatic carbocycles. The van der Waals surface area contributed by atoms with E-state index in [2.05, 4.69) is 0 Å². The van der Waals surface area contributed by atoms with E-state index in [4.69, 9.17) is 4.74 Å². The van der Waals surface area contributed by atoms with Gasteiger partial charge in [0.1, 0.15) is 17.6 Å². The average Bonchev–Trinajstić information content (AvgIpc) is 2.50. The Hall–Kier alpha value is -2.38. The fourth-order valence-electron chi connectivity index (χ4n) is 2.75. The van der Waals surface area contributed by atoms with Crippen LogP contribution in [0.3, 0.4) is 0 Å². The highest BCUT2D eigenvalue weighted by molar-refractivity contribution is 6.04. The van der Waals surface area contributed by atoms with Crippen molar-refractivity contribution in [3.8, 4) is 11.5 Å². The van der Waals surface area contributed by atoms with Gasteiger partial charge in [0, 0.05) is 6.07 Å². The van der Waals surface area contributed by atoms with Crippen LogP contribution in [0.1, 0.15) is 42.1 Å². The molecule has 1 aromatic rings. The van der Waals surface area contributed by atoms with E-state index in [-0.39, 0.29) is 29.4 Å². The molecule has 1 heterocycles. The van der Waals surface area contributed by atoms with Crippen LogP contribution >= 0.6 is 0 Å². The van der Waals surface area contributed by atoms with Gasteiger partial charge in [0.05, 0.1) is 24.2 Å². The van der Waals surface area contributed by atoms with Crippen LogP contribution in [-0.4, -0.2) is 50.5 Å². The Morgan fingerprint density at radius 2 is 1.80 bits per heavy atom. The lowest BCUT2D eigenvalue weighted by molar-refractivity contribution is -0.147. The zero-order valence-electron chi connectivity index (χ0n) is 13.9. The number of aliphatic hydroxyl groups excluding tert-OH is 2. The first-order chi connectivity index (χ1) is 11.8. The predicted octanol–water partition coefficient (Wildman–Crippen LogP) is 1.22. The molecule has 0 fully saturated rings. The first-order valence-corrected chi connectivity index (χ1v) is 8.11. The van der Waals surface area contributed by atoms with Crippen molar-refractivity contribution < 1.29 is 34.8 Å². The van der Waals surface area contributed by atoms with Crippen LogP contribution in [0.25, 0.3) is 0 Å². The number of carbonyl (C=O) groups is 2. The van der Waals surface area contributed by atoms with E-state index < -0.39 is 29.7 Å². The molecule has 0 saturated heterocycles. The molecule has 7 nitrogen and oxygen atoms in total. The summed E-state index contributed by atoms with van der Waals surface area (Å²) >= 11 is 0. The third-order valence-corrected chi connectivity index (χ3v) is 3.99. The molecule has 2 rings (SSSR count). The molecule has 0 aromatic heterocycles. The fraction of sp³-hybridized carbons (Fsp3) is 0.444. The summed E-state index contributed by atoms with van der Waals surface area (Å²) < 4.78 is 5.25. The summed E-state index contributed by atoms with van der Waals surface area (Å²) in [6.07, 6.45) is 0.878. The molecule has 3 unspecified atom stereocenters. The maximum atomic E-state index is 12.4. The van der Waals surface area contributed by atoms with Crippen LogP contribution in [0, 0.1) is 0 Å². The Morgan fingerprint density at radius 1 is 1.08 bits per heavy atom. The maximum absolute atomic E-state index is 12.4. The van der Waals surface area contributed by atoms with Gasteiger partial charge in [-0.05, 0) is 43.9 Å². The third kappa shape index (κ3) is 5.04. The van der Waals surface area contributed by atoms with Crippen molar-refractivity contribution in [2.45, 2.75) is 50.9 Å². The quantitative estimate of drug-likeness (QED) is 0.409. The highest BCUT2D eigenvalue weighted by Gasteiger charge is 2.25.